The van der Waals surface area contributed by atoms with Crippen molar-refractivity contribution in [3.05, 3.63) is 71.2 Å². The SMILES string of the molecule is NC1=C(N2CC3CC4(Cc5ncc(C6CCNCC6)cn5)C(C2)C34)C=C(c2ccccc2O)NN1. The van der Waals surface area contributed by atoms with Crippen LogP contribution in [-0.2, 0) is 6.42 Å². The molecule has 4 fully saturated rings. The summed E-state index contributed by atoms with van der Waals surface area (Å²) in [4.78, 5) is 12.1. The average Bonchev–Trinajstić information content (AvgIpc) is 3.46. The molecular formula is C27H33N7O. The van der Waals surface area contributed by atoms with E-state index in [2.05, 4.69) is 39.5 Å². The average molecular weight is 472 g/mol. The van der Waals surface area contributed by atoms with E-state index in [-0.39, 0.29) is 5.75 Å². The number of nitrogens with two attached hydrogens (primary N) is 1. The first-order chi connectivity index (χ1) is 17.1. The standard InChI is InChI=1S/C27H33N7O/c28-26-22(9-21(32-33-26)19-3-1-2-4-23(19)35)34-14-17-10-27(20(15-34)25(17)27)11-24-30-12-18(13-31-24)16-5-7-29-8-6-16/h1-4,9,12-13,16-17,20,25,29,32-33,35H,5-8,10-11,14-15,28H2. The Bertz CT molecular complexity index is 1200. The highest BCUT2D eigenvalue weighted by Gasteiger charge is 2.76. The number of fused-ring (bicyclic) bond motifs is 1. The van der Waals surface area contributed by atoms with Crippen LogP contribution >= 0.6 is 0 Å². The first-order valence-corrected chi connectivity index (χ1v) is 12.9. The number of phenolic OH excluding ortho intramolecular Hbond substituents is 1. The van der Waals surface area contributed by atoms with E-state index in [4.69, 9.17) is 15.7 Å². The third-order valence-electron chi connectivity index (χ3n) is 9.20. The highest BCUT2D eigenvalue weighted by molar-refractivity contribution is 5.72. The topological polar surface area (TPSA) is 111 Å². The van der Waals surface area contributed by atoms with Gasteiger partial charge in [0.1, 0.15) is 17.4 Å². The van der Waals surface area contributed by atoms with Crippen LogP contribution in [0.25, 0.3) is 5.70 Å². The zero-order chi connectivity index (χ0) is 23.6. The Hall–Kier alpha value is -3.26. The van der Waals surface area contributed by atoms with E-state index < -0.39 is 0 Å². The van der Waals surface area contributed by atoms with Gasteiger partial charge in [-0.25, -0.2) is 9.97 Å². The Balaban J connectivity index is 1.05. The Labute approximate surface area is 205 Å². The number of nitrogens with one attached hydrogen (secondary N) is 3. The largest absolute Gasteiger partial charge is 0.507 e. The molecule has 0 radical (unpaired) electrons. The van der Waals surface area contributed by atoms with E-state index in [1.807, 2.05) is 18.2 Å². The van der Waals surface area contributed by atoms with Crippen LogP contribution in [0, 0.1) is 23.2 Å². The van der Waals surface area contributed by atoms with Gasteiger partial charge in [0.25, 0.3) is 0 Å². The minimum Gasteiger partial charge on any atom is -0.507 e. The Kier molecular flexibility index (Phi) is 4.74. The van der Waals surface area contributed by atoms with Crippen LogP contribution in [-0.4, -0.2) is 46.2 Å². The van der Waals surface area contributed by atoms with Crippen molar-refractivity contribution in [1.82, 2.24) is 31.0 Å². The second-order valence-corrected chi connectivity index (χ2v) is 11.0. The van der Waals surface area contributed by atoms with Gasteiger partial charge in [0.05, 0.1) is 11.4 Å². The number of allylic oxidation sites excluding steroid dienone is 1. The molecule has 8 heteroatoms. The highest BCUT2D eigenvalue weighted by Crippen LogP contribution is 2.78. The van der Waals surface area contributed by atoms with E-state index in [0.717, 1.165) is 61.3 Å². The van der Waals surface area contributed by atoms with Crippen molar-refractivity contribution in [2.24, 2.45) is 28.9 Å². The molecule has 182 valence electrons. The Morgan fingerprint density at radius 2 is 1.89 bits per heavy atom. The van der Waals surface area contributed by atoms with Crippen molar-refractivity contribution in [3.63, 3.8) is 0 Å². The second-order valence-electron chi connectivity index (χ2n) is 11.0. The normalized spacial score (nSPS) is 31.6. The summed E-state index contributed by atoms with van der Waals surface area (Å²) in [6.07, 6.45) is 10.8. The Morgan fingerprint density at radius 1 is 1.09 bits per heavy atom. The number of phenols is 1. The van der Waals surface area contributed by atoms with E-state index in [1.54, 1.807) is 6.07 Å². The molecule has 2 aromatic rings. The summed E-state index contributed by atoms with van der Waals surface area (Å²) in [5.74, 6) is 4.66. The predicted molar refractivity (Wildman–Crippen MR) is 133 cm³/mol. The summed E-state index contributed by atoms with van der Waals surface area (Å²) in [6, 6.07) is 7.36. The number of likely N-dealkylation sites (tertiary alicyclic amines) is 1. The van der Waals surface area contributed by atoms with Crippen LogP contribution in [0.1, 0.15) is 42.1 Å². The van der Waals surface area contributed by atoms with Crippen molar-refractivity contribution in [3.8, 4) is 5.75 Å². The molecule has 8 nitrogen and oxygen atoms in total. The van der Waals surface area contributed by atoms with E-state index in [1.165, 1.54) is 24.8 Å². The molecule has 2 aliphatic carbocycles. The third-order valence-corrected chi connectivity index (χ3v) is 9.20. The zero-order valence-electron chi connectivity index (χ0n) is 19.9. The van der Waals surface area contributed by atoms with Gasteiger partial charge < -0.3 is 21.1 Å². The summed E-state index contributed by atoms with van der Waals surface area (Å²) < 4.78 is 0. The highest BCUT2D eigenvalue weighted by atomic mass is 16.3. The molecule has 0 spiro atoms. The molecule has 1 aromatic carbocycles. The van der Waals surface area contributed by atoms with Gasteiger partial charge >= 0.3 is 0 Å². The lowest BCUT2D eigenvalue weighted by molar-refractivity contribution is 0.135. The number of hydrogen-bond acceptors (Lipinski definition) is 8. The van der Waals surface area contributed by atoms with E-state index in [9.17, 15) is 5.11 Å². The number of aromatic nitrogens is 2. The maximum atomic E-state index is 10.3. The number of hydrogen-bond donors (Lipinski definition) is 5. The lowest BCUT2D eigenvalue weighted by Crippen LogP contribution is -2.44. The predicted octanol–water partition coefficient (Wildman–Crippen LogP) is 2.04. The summed E-state index contributed by atoms with van der Waals surface area (Å²) in [7, 11) is 0. The lowest BCUT2D eigenvalue weighted by atomic mass is 9.72. The van der Waals surface area contributed by atoms with Gasteiger partial charge in [-0.2, -0.15) is 0 Å². The maximum Gasteiger partial charge on any atom is 0.139 e. The first kappa shape index (κ1) is 21.1. The van der Waals surface area contributed by atoms with Gasteiger partial charge in [-0.1, -0.05) is 12.1 Å². The monoisotopic (exact) mass is 471 g/mol. The van der Waals surface area contributed by atoms with Gasteiger partial charge in [-0.3, -0.25) is 10.9 Å². The summed E-state index contributed by atoms with van der Waals surface area (Å²) in [6.45, 7) is 4.22. The van der Waals surface area contributed by atoms with Crippen molar-refractivity contribution < 1.29 is 5.11 Å². The van der Waals surface area contributed by atoms with E-state index >= 15 is 0 Å². The molecule has 7 rings (SSSR count). The molecule has 1 aromatic heterocycles. The Morgan fingerprint density at radius 3 is 2.69 bits per heavy atom. The molecule has 2 saturated heterocycles. The summed E-state index contributed by atoms with van der Waals surface area (Å²) in [5.41, 5.74) is 16.9. The van der Waals surface area contributed by atoms with Crippen molar-refractivity contribution in [2.75, 3.05) is 26.2 Å². The minimum absolute atomic E-state index is 0.251. The van der Waals surface area contributed by atoms with Crippen molar-refractivity contribution in [1.29, 1.82) is 0 Å². The molecule has 4 unspecified atom stereocenters. The van der Waals surface area contributed by atoms with Crippen LogP contribution < -0.4 is 21.9 Å². The van der Waals surface area contributed by atoms with E-state index in [0.29, 0.717) is 29.0 Å². The van der Waals surface area contributed by atoms with Gasteiger partial charge in [0, 0.05) is 37.5 Å². The fourth-order valence-corrected chi connectivity index (χ4v) is 7.41. The minimum atomic E-state index is 0.251. The number of piperidine rings is 2. The van der Waals surface area contributed by atoms with Crippen LogP contribution in [0.3, 0.4) is 0 Å². The number of nitrogens with zero attached hydrogens (tertiary/aromatic N) is 3. The molecule has 6 N–H and O–H groups in total. The molecule has 35 heavy (non-hydrogen) atoms. The van der Waals surface area contributed by atoms with Crippen LogP contribution in [0.4, 0.5) is 0 Å². The van der Waals surface area contributed by atoms with Gasteiger partial charge in [-0.15, -0.1) is 0 Å². The zero-order valence-corrected chi connectivity index (χ0v) is 19.9. The van der Waals surface area contributed by atoms with Crippen LogP contribution in [0.15, 0.2) is 54.3 Å². The fourth-order valence-electron chi connectivity index (χ4n) is 7.41. The first-order valence-electron chi connectivity index (χ1n) is 12.9. The molecular weight excluding hydrogens is 438 g/mol. The van der Waals surface area contributed by atoms with Crippen molar-refractivity contribution in [2.45, 2.75) is 31.6 Å². The number of para-hydroxylation sites is 1. The maximum absolute atomic E-state index is 10.3. The number of benzene rings is 1. The summed E-state index contributed by atoms with van der Waals surface area (Å²) >= 11 is 0. The third kappa shape index (κ3) is 3.37. The lowest BCUT2D eigenvalue weighted by Gasteiger charge is -2.39. The molecule has 0 amide bonds. The van der Waals surface area contributed by atoms with Gasteiger partial charge in [0.15, 0.2) is 0 Å². The van der Waals surface area contributed by atoms with Crippen LogP contribution in [0.5, 0.6) is 5.75 Å². The van der Waals surface area contributed by atoms with Crippen molar-refractivity contribution >= 4 is 5.70 Å². The molecule has 2 saturated carbocycles. The number of rotatable bonds is 5. The molecule has 4 atom stereocenters. The summed E-state index contributed by atoms with van der Waals surface area (Å²) in [5, 5.41) is 13.7. The number of aromatic hydroxyl groups is 1. The quantitative estimate of drug-likeness (QED) is 0.451. The molecule has 3 aliphatic heterocycles. The molecule has 0 bridgehead atoms. The smallest absolute Gasteiger partial charge is 0.139 e. The fraction of sp³-hybridized carbons (Fsp3) is 0.481. The number of hydrazine groups is 1. The van der Waals surface area contributed by atoms with Crippen LogP contribution in [0.2, 0.25) is 0 Å². The van der Waals surface area contributed by atoms with Gasteiger partial charge in [-0.05, 0) is 85.2 Å². The van der Waals surface area contributed by atoms with Gasteiger partial charge in [0.2, 0.25) is 0 Å². The molecule has 4 heterocycles. The molecule has 5 aliphatic rings. The second kappa shape index (κ2) is 7.88.